The average molecular weight is 453 g/mol. The molecule has 1 aliphatic rings. The predicted molar refractivity (Wildman–Crippen MR) is 132 cm³/mol. The zero-order chi connectivity index (χ0) is 23.7. The van der Waals surface area contributed by atoms with Crippen LogP contribution in [0.4, 0.5) is 17.1 Å². The van der Waals surface area contributed by atoms with Gasteiger partial charge in [-0.15, -0.1) is 0 Å². The molecule has 9 heteroatoms. The minimum absolute atomic E-state index is 0.224. The number of hydrogen-bond donors (Lipinski definition) is 1. The molecule has 0 spiro atoms. The van der Waals surface area contributed by atoms with Crippen LogP contribution < -0.4 is 15.1 Å². The molecule has 1 amide bonds. The van der Waals surface area contributed by atoms with Crippen LogP contribution in [0.2, 0.25) is 0 Å². The molecule has 170 valence electrons. The van der Waals surface area contributed by atoms with Crippen LogP contribution in [0.3, 0.4) is 0 Å². The van der Waals surface area contributed by atoms with E-state index in [1.54, 1.807) is 15.4 Å². The van der Waals surface area contributed by atoms with Crippen molar-refractivity contribution in [3.63, 3.8) is 0 Å². The number of aryl methyl sites for hydroxylation is 1. The van der Waals surface area contributed by atoms with Gasteiger partial charge in [0.05, 0.1) is 23.6 Å². The molecule has 0 radical (unpaired) electrons. The van der Waals surface area contributed by atoms with Crippen molar-refractivity contribution < 1.29 is 4.79 Å². The number of carbonyl (C=O) groups excluding carboxylic acids is 1. The second kappa shape index (κ2) is 8.75. The zero-order valence-electron chi connectivity index (χ0n) is 18.8. The predicted octanol–water partition coefficient (Wildman–Crippen LogP) is 3.06. The van der Waals surface area contributed by atoms with Crippen LogP contribution in [0.5, 0.6) is 0 Å². The van der Waals surface area contributed by atoms with Gasteiger partial charge < -0.3 is 15.1 Å². The summed E-state index contributed by atoms with van der Waals surface area (Å²) in [5.74, 6) is -0.224. The van der Waals surface area contributed by atoms with Gasteiger partial charge in [0.15, 0.2) is 0 Å². The summed E-state index contributed by atoms with van der Waals surface area (Å²) in [4.78, 5) is 16.1. The number of aromatic nitrogens is 4. The van der Waals surface area contributed by atoms with Crippen LogP contribution in [-0.2, 0) is 11.8 Å². The van der Waals surface area contributed by atoms with Crippen LogP contribution in [-0.4, -0.2) is 51.5 Å². The summed E-state index contributed by atoms with van der Waals surface area (Å²) >= 11 is 0. The molecular formula is C25H24N8O. The zero-order valence-corrected chi connectivity index (χ0v) is 18.8. The summed E-state index contributed by atoms with van der Waals surface area (Å²) in [7, 11) is 1.89. The lowest BCUT2D eigenvalue weighted by Crippen LogP contribution is -2.46. The van der Waals surface area contributed by atoms with Gasteiger partial charge in [0, 0.05) is 68.1 Å². The largest absolute Gasteiger partial charge is 0.368 e. The van der Waals surface area contributed by atoms with E-state index in [2.05, 4.69) is 44.0 Å². The number of nitriles is 1. The number of hydrogen-bond acceptors (Lipinski definition) is 6. The number of carbonyl (C=O) groups is 1. The number of piperazine rings is 1. The lowest BCUT2D eigenvalue weighted by Gasteiger charge is -2.37. The quantitative estimate of drug-likeness (QED) is 0.468. The number of rotatable bonds is 5. The van der Waals surface area contributed by atoms with E-state index in [-0.39, 0.29) is 5.91 Å². The van der Waals surface area contributed by atoms with E-state index in [0.717, 1.165) is 59.9 Å². The molecule has 0 unspecified atom stereocenters. The molecule has 0 bridgehead atoms. The monoisotopic (exact) mass is 452 g/mol. The Kier molecular flexibility index (Phi) is 5.47. The first-order chi connectivity index (χ1) is 16.6. The van der Waals surface area contributed by atoms with Crippen LogP contribution in [0.15, 0.2) is 67.8 Å². The molecule has 3 aromatic heterocycles. The van der Waals surface area contributed by atoms with E-state index in [9.17, 15) is 10.1 Å². The van der Waals surface area contributed by atoms with Crippen molar-refractivity contribution in [3.8, 4) is 17.2 Å². The Bertz CT molecular complexity index is 1400. The summed E-state index contributed by atoms with van der Waals surface area (Å²) in [5, 5.41) is 21.1. The van der Waals surface area contributed by atoms with Crippen LogP contribution in [0, 0.1) is 11.3 Å². The summed E-state index contributed by atoms with van der Waals surface area (Å²) < 4.78 is 3.56. The molecular weight excluding hydrogens is 428 g/mol. The second-order valence-electron chi connectivity index (χ2n) is 8.19. The Balaban J connectivity index is 1.39. The van der Waals surface area contributed by atoms with Gasteiger partial charge in [-0.2, -0.15) is 15.5 Å². The third-order valence-electron chi connectivity index (χ3n) is 6.06. The fourth-order valence-corrected chi connectivity index (χ4v) is 4.31. The highest BCUT2D eigenvalue weighted by atomic mass is 16.1. The molecule has 4 heterocycles. The van der Waals surface area contributed by atoms with Gasteiger partial charge in [-0.25, -0.2) is 4.52 Å². The van der Waals surface area contributed by atoms with Crippen molar-refractivity contribution >= 4 is 28.5 Å². The van der Waals surface area contributed by atoms with Crippen molar-refractivity contribution in [3.05, 3.63) is 73.3 Å². The highest BCUT2D eigenvalue weighted by molar-refractivity contribution is 5.98. The van der Waals surface area contributed by atoms with E-state index in [1.807, 2.05) is 49.9 Å². The van der Waals surface area contributed by atoms with Gasteiger partial charge in [-0.05, 0) is 36.4 Å². The molecule has 9 nitrogen and oxygen atoms in total. The first-order valence-electron chi connectivity index (χ1n) is 11.0. The molecule has 1 N–H and O–H groups in total. The molecule has 1 aliphatic heterocycles. The van der Waals surface area contributed by atoms with E-state index in [1.165, 1.54) is 6.08 Å². The Morgan fingerprint density at radius 2 is 1.79 bits per heavy atom. The lowest BCUT2D eigenvalue weighted by atomic mass is 10.1. The SMILES string of the molecule is C=CC(=O)Nc1ccc(N2CCN(c3cc(-c4cnn(C)c4)cn4ncc(C#N)c34)CC2)cc1. The summed E-state index contributed by atoms with van der Waals surface area (Å²) in [6.45, 7) is 6.74. The number of pyridine rings is 1. The van der Waals surface area contributed by atoms with Crippen LogP contribution >= 0.6 is 0 Å². The fraction of sp³-hybridized carbons (Fsp3) is 0.200. The van der Waals surface area contributed by atoms with Gasteiger partial charge in [0.2, 0.25) is 5.91 Å². The van der Waals surface area contributed by atoms with E-state index in [0.29, 0.717) is 5.56 Å². The number of amides is 1. The van der Waals surface area contributed by atoms with Crippen molar-refractivity contribution in [2.75, 3.05) is 41.3 Å². The van der Waals surface area contributed by atoms with Crippen molar-refractivity contribution in [1.29, 1.82) is 5.26 Å². The summed E-state index contributed by atoms with van der Waals surface area (Å²) in [6.07, 6.45) is 8.62. The Morgan fingerprint density at radius 3 is 2.44 bits per heavy atom. The fourth-order valence-electron chi connectivity index (χ4n) is 4.31. The minimum atomic E-state index is -0.224. The van der Waals surface area contributed by atoms with Gasteiger partial charge in [0.25, 0.3) is 0 Å². The molecule has 34 heavy (non-hydrogen) atoms. The van der Waals surface area contributed by atoms with Crippen molar-refractivity contribution in [2.45, 2.75) is 0 Å². The van der Waals surface area contributed by atoms with Gasteiger partial charge >= 0.3 is 0 Å². The first-order valence-corrected chi connectivity index (χ1v) is 11.0. The van der Waals surface area contributed by atoms with Gasteiger partial charge in [-0.3, -0.25) is 9.48 Å². The second-order valence-corrected chi connectivity index (χ2v) is 8.19. The Labute approximate surface area is 197 Å². The Hall–Kier alpha value is -4.58. The molecule has 1 saturated heterocycles. The molecule has 1 fully saturated rings. The normalized spacial score (nSPS) is 13.6. The molecule has 4 aromatic rings. The van der Waals surface area contributed by atoms with Crippen LogP contribution in [0.25, 0.3) is 16.6 Å². The van der Waals surface area contributed by atoms with E-state index in [4.69, 9.17) is 0 Å². The van der Waals surface area contributed by atoms with Crippen molar-refractivity contribution in [1.82, 2.24) is 19.4 Å². The maximum atomic E-state index is 11.5. The number of nitrogens with one attached hydrogen (secondary N) is 1. The average Bonchev–Trinajstić information content (AvgIpc) is 3.50. The molecule has 0 atom stereocenters. The highest BCUT2D eigenvalue weighted by Crippen LogP contribution is 2.32. The Morgan fingerprint density at radius 1 is 1.06 bits per heavy atom. The number of nitrogens with zero attached hydrogens (tertiary/aromatic N) is 7. The number of anilines is 3. The molecule has 1 aromatic carbocycles. The lowest BCUT2D eigenvalue weighted by molar-refractivity contribution is -0.111. The number of fused-ring (bicyclic) bond motifs is 1. The molecule has 0 saturated carbocycles. The molecule has 5 rings (SSSR count). The standard InChI is InChI=1S/C25H24N8O/c1-3-24(34)29-21-4-6-22(7-5-21)31-8-10-32(11-9-31)23-12-18(20-15-27-30(2)16-20)17-33-25(23)19(13-26)14-28-33/h3-7,12,14-17H,1,8-11H2,2H3,(H,29,34). The summed E-state index contributed by atoms with van der Waals surface area (Å²) in [6, 6.07) is 12.2. The highest BCUT2D eigenvalue weighted by Gasteiger charge is 2.22. The smallest absolute Gasteiger partial charge is 0.247 e. The summed E-state index contributed by atoms with van der Waals surface area (Å²) in [5.41, 5.74) is 6.24. The van der Waals surface area contributed by atoms with E-state index < -0.39 is 0 Å². The topological polar surface area (TPSA) is 94.5 Å². The number of benzene rings is 1. The van der Waals surface area contributed by atoms with Crippen LogP contribution in [0.1, 0.15) is 5.56 Å². The van der Waals surface area contributed by atoms with Crippen molar-refractivity contribution in [2.24, 2.45) is 7.05 Å². The van der Waals surface area contributed by atoms with Gasteiger partial charge in [0.1, 0.15) is 11.6 Å². The third kappa shape index (κ3) is 3.97. The maximum absolute atomic E-state index is 11.5. The molecule has 0 aliphatic carbocycles. The maximum Gasteiger partial charge on any atom is 0.247 e. The van der Waals surface area contributed by atoms with E-state index >= 15 is 0 Å². The first kappa shape index (κ1) is 21.3. The third-order valence-corrected chi connectivity index (χ3v) is 6.06. The van der Waals surface area contributed by atoms with Gasteiger partial charge in [-0.1, -0.05) is 6.58 Å². The minimum Gasteiger partial charge on any atom is -0.368 e.